The largest absolute Gasteiger partial charge is 0.0645 e. The molecule has 8 aromatic carbocycles. The van der Waals surface area contributed by atoms with E-state index in [-0.39, 0.29) is 0 Å². The lowest BCUT2D eigenvalue weighted by molar-refractivity contribution is 0.778. The first kappa shape index (κ1) is 28.7. The molecule has 0 saturated heterocycles. The molecule has 1 atom stereocenters. The van der Waals surface area contributed by atoms with Crippen molar-refractivity contribution >= 4 is 32.3 Å². The molecule has 0 heteroatoms. The van der Waals surface area contributed by atoms with Crippen LogP contribution in [0.2, 0.25) is 0 Å². The van der Waals surface area contributed by atoms with Gasteiger partial charge in [-0.25, -0.2) is 0 Å². The van der Waals surface area contributed by atoms with Gasteiger partial charge in [0.2, 0.25) is 0 Å². The Balaban J connectivity index is 1.07. The Labute approximate surface area is 283 Å². The van der Waals surface area contributed by atoms with Crippen molar-refractivity contribution in [2.75, 3.05) is 0 Å². The number of hydrogen-bond acceptors (Lipinski definition) is 0. The van der Waals surface area contributed by atoms with E-state index in [1.54, 1.807) is 0 Å². The van der Waals surface area contributed by atoms with E-state index in [0.29, 0.717) is 5.92 Å². The second-order valence-corrected chi connectivity index (χ2v) is 13.6. The molecular weight excluding hydrogens is 577 g/mol. The summed E-state index contributed by atoms with van der Waals surface area (Å²) in [6, 6.07) is 57.3. The molecule has 0 N–H and O–H groups in total. The first-order valence-corrected chi connectivity index (χ1v) is 17.4. The smallest absolute Gasteiger partial charge is 0.00869 e. The fourth-order valence-electron chi connectivity index (χ4n) is 7.94. The molecule has 0 aromatic heterocycles. The summed E-state index contributed by atoms with van der Waals surface area (Å²) in [6.45, 7) is 4.45. The van der Waals surface area contributed by atoms with Crippen LogP contribution in [0.5, 0.6) is 0 Å². The van der Waals surface area contributed by atoms with Crippen molar-refractivity contribution < 1.29 is 0 Å². The lowest BCUT2D eigenvalue weighted by Crippen LogP contribution is -2.07. The topological polar surface area (TPSA) is 0 Å². The number of hydrogen-bond donors (Lipinski definition) is 0. The highest BCUT2D eigenvalue weighted by Crippen LogP contribution is 2.40. The minimum Gasteiger partial charge on any atom is -0.0645 e. The van der Waals surface area contributed by atoms with Crippen molar-refractivity contribution in [2.24, 2.45) is 0 Å². The van der Waals surface area contributed by atoms with E-state index < -0.39 is 0 Å². The van der Waals surface area contributed by atoms with Gasteiger partial charge in [-0.2, -0.15) is 0 Å². The molecule has 1 aliphatic rings. The molecule has 0 nitrogen and oxygen atoms in total. The maximum absolute atomic E-state index is 2.41. The van der Waals surface area contributed by atoms with E-state index in [1.807, 2.05) is 0 Å². The molecule has 0 spiro atoms. The molecule has 9 rings (SSSR count). The Kier molecular flexibility index (Phi) is 6.98. The average Bonchev–Trinajstić information content (AvgIpc) is 3.13. The Morgan fingerprint density at radius 1 is 0.396 bits per heavy atom. The van der Waals surface area contributed by atoms with Crippen LogP contribution in [0.25, 0.3) is 65.7 Å². The van der Waals surface area contributed by atoms with Crippen molar-refractivity contribution in [2.45, 2.75) is 39.0 Å². The minimum absolute atomic E-state index is 0.363. The first-order valence-electron chi connectivity index (χ1n) is 17.4. The third-order valence-electron chi connectivity index (χ3n) is 10.8. The monoisotopic (exact) mass is 614 g/mol. The predicted molar refractivity (Wildman–Crippen MR) is 206 cm³/mol. The molecule has 0 amide bonds. The second-order valence-electron chi connectivity index (χ2n) is 13.6. The second kappa shape index (κ2) is 11.7. The van der Waals surface area contributed by atoms with Gasteiger partial charge in [0.15, 0.2) is 0 Å². The summed E-state index contributed by atoms with van der Waals surface area (Å²) in [6.07, 6.45) is 3.51. The lowest BCUT2D eigenvalue weighted by Gasteiger charge is -2.21. The Morgan fingerprint density at radius 3 is 1.50 bits per heavy atom. The summed E-state index contributed by atoms with van der Waals surface area (Å²) in [5.41, 5.74) is 14.8. The Hall–Kier alpha value is -5.46. The van der Waals surface area contributed by atoms with Crippen molar-refractivity contribution in [1.82, 2.24) is 0 Å². The van der Waals surface area contributed by atoms with Gasteiger partial charge in [-0.3, -0.25) is 0 Å². The van der Waals surface area contributed by atoms with Gasteiger partial charge in [-0.1, -0.05) is 152 Å². The summed E-state index contributed by atoms with van der Waals surface area (Å²) in [7, 11) is 0. The Morgan fingerprint density at radius 2 is 0.917 bits per heavy atom. The van der Waals surface area contributed by atoms with E-state index in [9.17, 15) is 0 Å². The zero-order valence-electron chi connectivity index (χ0n) is 27.6. The van der Waals surface area contributed by atoms with Crippen LogP contribution in [0.1, 0.15) is 47.1 Å². The first-order chi connectivity index (χ1) is 23.6. The standard InChI is InChI=1S/C48H38/c1-3-42(41-8-6-7-36(28-41)38-22-18-33-17-21-37(33)27-38)35-19-15-34(16-20-35)40-24-26-46-45-25-23-39(32-13-11-31(2)12-14-32)29-47(45)43-9-4-5-10-44(43)48(46)30-40/h4-16,18-20,22-30,42H,3,17,21H2,1-2H3. The minimum atomic E-state index is 0.363. The molecule has 1 unspecified atom stereocenters. The highest BCUT2D eigenvalue weighted by molar-refractivity contribution is 6.26. The van der Waals surface area contributed by atoms with E-state index in [0.717, 1.165) is 6.42 Å². The van der Waals surface area contributed by atoms with Gasteiger partial charge in [0.05, 0.1) is 0 Å². The van der Waals surface area contributed by atoms with Gasteiger partial charge in [-0.15, -0.1) is 0 Å². The van der Waals surface area contributed by atoms with Crippen LogP contribution in [0, 0.1) is 6.92 Å². The maximum atomic E-state index is 2.41. The quantitative estimate of drug-likeness (QED) is 0.163. The summed E-state index contributed by atoms with van der Waals surface area (Å²) >= 11 is 0. The van der Waals surface area contributed by atoms with Crippen LogP contribution in [-0.2, 0) is 12.8 Å². The van der Waals surface area contributed by atoms with Gasteiger partial charge >= 0.3 is 0 Å². The van der Waals surface area contributed by atoms with Crippen molar-refractivity contribution in [3.8, 4) is 33.4 Å². The molecule has 0 bridgehead atoms. The fourth-order valence-corrected chi connectivity index (χ4v) is 7.94. The van der Waals surface area contributed by atoms with E-state index in [1.165, 1.54) is 106 Å². The molecule has 0 aliphatic heterocycles. The number of rotatable bonds is 6. The molecule has 1 aliphatic carbocycles. The summed E-state index contributed by atoms with van der Waals surface area (Å²) in [5.74, 6) is 0.363. The summed E-state index contributed by atoms with van der Waals surface area (Å²) < 4.78 is 0. The van der Waals surface area contributed by atoms with Crippen LogP contribution in [0.3, 0.4) is 0 Å². The number of benzene rings is 8. The number of fused-ring (bicyclic) bond motifs is 7. The van der Waals surface area contributed by atoms with Crippen LogP contribution in [0.4, 0.5) is 0 Å². The molecule has 0 radical (unpaired) electrons. The summed E-state index contributed by atoms with van der Waals surface area (Å²) in [4.78, 5) is 0. The average molecular weight is 615 g/mol. The zero-order chi connectivity index (χ0) is 32.2. The molecule has 230 valence electrons. The van der Waals surface area contributed by atoms with Crippen LogP contribution in [0.15, 0.2) is 152 Å². The highest BCUT2D eigenvalue weighted by Gasteiger charge is 2.17. The van der Waals surface area contributed by atoms with Crippen LogP contribution < -0.4 is 0 Å². The highest BCUT2D eigenvalue weighted by atomic mass is 14.2. The predicted octanol–water partition coefficient (Wildman–Crippen LogP) is 13.1. The number of aryl methyl sites for hydroxylation is 3. The lowest BCUT2D eigenvalue weighted by atomic mass is 9.84. The van der Waals surface area contributed by atoms with Gasteiger partial charge in [-0.05, 0) is 126 Å². The molecule has 8 aromatic rings. The third kappa shape index (κ3) is 4.92. The van der Waals surface area contributed by atoms with Crippen LogP contribution >= 0.6 is 0 Å². The van der Waals surface area contributed by atoms with Crippen molar-refractivity contribution in [3.63, 3.8) is 0 Å². The normalized spacial score (nSPS) is 13.0. The van der Waals surface area contributed by atoms with Gasteiger partial charge in [0.1, 0.15) is 0 Å². The Bertz CT molecular complexity index is 2460. The summed E-state index contributed by atoms with van der Waals surface area (Å²) in [5, 5.41) is 7.83. The maximum Gasteiger partial charge on any atom is 0.00869 e. The van der Waals surface area contributed by atoms with Gasteiger partial charge in [0.25, 0.3) is 0 Å². The van der Waals surface area contributed by atoms with E-state index in [2.05, 4.69) is 166 Å². The van der Waals surface area contributed by atoms with Crippen molar-refractivity contribution in [3.05, 3.63) is 179 Å². The van der Waals surface area contributed by atoms with Crippen LogP contribution in [-0.4, -0.2) is 0 Å². The molecular formula is C48H38. The SMILES string of the molecule is CCC(c1ccc(-c2ccc3c4ccc(-c5ccc(C)cc5)cc4c4ccccc4c3c2)cc1)c1cccc(-c2ccc3c(c2)CC3)c1. The van der Waals surface area contributed by atoms with E-state index >= 15 is 0 Å². The van der Waals surface area contributed by atoms with E-state index in [4.69, 9.17) is 0 Å². The molecule has 48 heavy (non-hydrogen) atoms. The molecule has 0 saturated carbocycles. The fraction of sp³-hybridized carbons (Fsp3) is 0.125. The third-order valence-corrected chi connectivity index (χ3v) is 10.8. The van der Waals surface area contributed by atoms with Gasteiger partial charge < -0.3 is 0 Å². The molecule has 0 fully saturated rings. The zero-order valence-corrected chi connectivity index (χ0v) is 27.6. The molecule has 0 heterocycles. The van der Waals surface area contributed by atoms with Gasteiger partial charge in [0, 0.05) is 5.92 Å². The van der Waals surface area contributed by atoms with Crippen molar-refractivity contribution in [1.29, 1.82) is 0 Å².